The van der Waals surface area contributed by atoms with Crippen LogP contribution in [0, 0.1) is 0 Å². The molecule has 0 unspecified atom stereocenters. The molecule has 13 heteroatoms. The summed E-state index contributed by atoms with van der Waals surface area (Å²) in [6.07, 6.45) is -7.92. The highest BCUT2D eigenvalue weighted by atomic mass is 16.6. The maximum absolute atomic E-state index is 12.6. The Hall–Kier alpha value is -2.16. The van der Waals surface area contributed by atoms with E-state index in [1.54, 1.807) is 0 Å². The predicted molar refractivity (Wildman–Crippen MR) is 84.8 cm³/mol. The van der Waals surface area contributed by atoms with Gasteiger partial charge in [0.05, 0.1) is 6.61 Å². The van der Waals surface area contributed by atoms with Crippen molar-refractivity contribution in [2.24, 2.45) is 0 Å². The van der Waals surface area contributed by atoms with Crippen LogP contribution in [-0.4, -0.2) is 115 Å². The quantitative estimate of drug-likeness (QED) is 0.295. The normalized spacial score (nSPS) is 31.7. The average molecular weight is 387 g/mol. The number of nitrogens with one attached hydrogen (secondary N) is 1. The van der Waals surface area contributed by atoms with E-state index in [1.165, 1.54) is 4.90 Å². The molecule has 1 amide bonds. The number of ether oxygens (including phenoxy) is 1. The molecule has 5 atom stereocenters. The molecular weight excluding hydrogens is 366 g/mol. The van der Waals surface area contributed by atoms with Crippen LogP contribution >= 0.6 is 0 Å². The van der Waals surface area contributed by atoms with Crippen LogP contribution in [0.4, 0.5) is 0 Å². The molecule has 2 aliphatic rings. The van der Waals surface area contributed by atoms with Crippen molar-refractivity contribution >= 4 is 11.9 Å². The number of carboxylic acids is 1. The van der Waals surface area contributed by atoms with Gasteiger partial charge >= 0.3 is 5.97 Å². The Balaban J connectivity index is 1.95. The van der Waals surface area contributed by atoms with Gasteiger partial charge in [-0.25, -0.2) is 9.48 Å². The van der Waals surface area contributed by atoms with E-state index in [1.807, 2.05) is 0 Å². The topological polar surface area (TPSA) is 190 Å². The standard InChI is InChI=1S/C14H21N5O8/c20-5-6-9(21)10(22)11(23)13(27-6)19-8(14(25)26)7(16-17-19)12(24)18-3-1-15-2-4-18/h6,9-11,13,15,20-23H,1-5H2,(H,25,26)/t6-,9-,10+,11-,13-/m1/s1. The second-order valence-electron chi connectivity index (χ2n) is 6.30. The highest BCUT2D eigenvalue weighted by Gasteiger charge is 2.46. The Morgan fingerprint density at radius 2 is 1.81 bits per heavy atom. The van der Waals surface area contributed by atoms with E-state index in [2.05, 4.69) is 15.6 Å². The van der Waals surface area contributed by atoms with Gasteiger partial charge in [0.1, 0.15) is 24.4 Å². The summed E-state index contributed by atoms with van der Waals surface area (Å²) >= 11 is 0. The number of carboxylic acid groups (broad SMARTS) is 1. The lowest BCUT2D eigenvalue weighted by atomic mass is 9.98. The number of piperazine rings is 1. The summed E-state index contributed by atoms with van der Waals surface area (Å²) < 4.78 is 5.97. The van der Waals surface area contributed by atoms with Crippen LogP contribution < -0.4 is 5.32 Å². The molecule has 2 aliphatic heterocycles. The van der Waals surface area contributed by atoms with Crippen molar-refractivity contribution in [1.29, 1.82) is 0 Å². The second kappa shape index (κ2) is 7.84. The van der Waals surface area contributed by atoms with Crippen LogP contribution in [-0.2, 0) is 4.74 Å². The summed E-state index contributed by atoms with van der Waals surface area (Å²) in [6.45, 7) is 1.14. The summed E-state index contributed by atoms with van der Waals surface area (Å²) in [5, 5.41) is 59.1. The number of aliphatic hydroxyl groups excluding tert-OH is 4. The largest absolute Gasteiger partial charge is 0.476 e. The Morgan fingerprint density at radius 3 is 2.41 bits per heavy atom. The van der Waals surface area contributed by atoms with Crippen LogP contribution in [0.5, 0.6) is 0 Å². The Bertz CT molecular complexity index is 704. The smallest absolute Gasteiger partial charge is 0.356 e. The molecule has 2 saturated heterocycles. The number of carbonyl (C=O) groups excluding carboxylic acids is 1. The van der Waals surface area contributed by atoms with Gasteiger partial charge in [0.15, 0.2) is 17.6 Å². The number of nitrogens with zero attached hydrogens (tertiary/aromatic N) is 4. The summed E-state index contributed by atoms with van der Waals surface area (Å²) in [7, 11) is 0. The van der Waals surface area contributed by atoms with Gasteiger partial charge in [0, 0.05) is 26.2 Å². The van der Waals surface area contributed by atoms with Crippen LogP contribution in [0.25, 0.3) is 0 Å². The molecule has 0 aliphatic carbocycles. The van der Waals surface area contributed by atoms with Gasteiger partial charge in [-0.3, -0.25) is 4.79 Å². The van der Waals surface area contributed by atoms with Crippen LogP contribution in [0.3, 0.4) is 0 Å². The number of rotatable bonds is 4. The predicted octanol–water partition coefficient (Wildman–Crippen LogP) is -4.01. The number of hydrogen-bond acceptors (Lipinski definition) is 10. The first-order valence-electron chi connectivity index (χ1n) is 8.35. The zero-order valence-electron chi connectivity index (χ0n) is 14.2. The van der Waals surface area contributed by atoms with E-state index in [9.17, 15) is 35.1 Å². The highest BCUT2D eigenvalue weighted by Crippen LogP contribution is 2.29. The van der Waals surface area contributed by atoms with Gasteiger partial charge < -0.3 is 40.5 Å². The molecule has 1 aromatic rings. The van der Waals surface area contributed by atoms with Gasteiger partial charge in [0.2, 0.25) is 0 Å². The van der Waals surface area contributed by atoms with E-state index in [-0.39, 0.29) is 0 Å². The first-order chi connectivity index (χ1) is 12.9. The molecule has 27 heavy (non-hydrogen) atoms. The van der Waals surface area contributed by atoms with Crippen LogP contribution in [0.2, 0.25) is 0 Å². The van der Waals surface area contributed by atoms with Crippen molar-refractivity contribution in [2.75, 3.05) is 32.8 Å². The highest BCUT2D eigenvalue weighted by molar-refractivity contribution is 6.02. The van der Waals surface area contributed by atoms with Crippen molar-refractivity contribution < 1.29 is 39.9 Å². The summed E-state index contributed by atoms with van der Waals surface area (Å²) in [5.74, 6) is -2.17. The molecule has 3 heterocycles. The number of aromatic carboxylic acids is 1. The molecule has 0 radical (unpaired) electrons. The van der Waals surface area contributed by atoms with Gasteiger partial charge in [-0.15, -0.1) is 5.10 Å². The molecule has 0 spiro atoms. The molecule has 3 rings (SSSR count). The third-order valence-electron chi connectivity index (χ3n) is 4.61. The van der Waals surface area contributed by atoms with E-state index in [0.717, 1.165) is 0 Å². The van der Waals surface area contributed by atoms with Gasteiger partial charge in [-0.1, -0.05) is 5.21 Å². The monoisotopic (exact) mass is 387 g/mol. The Morgan fingerprint density at radius 1 is 1.15 bits per heavy atom. The lowest BCUT2D eigenvalue weighted by Gasteiger charge is -2.39. The number of aliphatic hydroxyl groups is 4. The number of aromatic nitrogens is 3. The fourth-order valence-electron chi connectivity index (χ4n) is 3.12. The number of amides is 1. The number of carbonyl (C=O) groups is 2. The van der Waals surface area contributed by atoms with Crippen molar-refractivity contribution in [1.82, 2.24) is 25.2 Å². The van der Waals surface area contributed by atoms with E-state index in [4.69, 9.17) is 4.74 Å². The summed E-state index contributed by atoms with van der Waals surface area (Å²) in [5.41, 5.74) is -1.05. The zero-order chi connectivity index (χ0) is 19.7. The Kier molecular flexibility index (Phi) is 5.69. The third-order valence-corrected chi connectivity index (χ3v) is 4.61. The first kappa shape index (κ1) is 19.6. The summed E-state index contributed by atoms with van der Waals surface area (Å²) in [4.78, 5) is 25.8. The molecule has 0 saturated carbocycles. The van der Waals surface area contributed by atoms with Crippen molar-refractivity contribution in [3.8, 4) is 0 Å². The SMILES string of the molecule is O=C(O)c1c(C(=O)N2CCNCC2)nnn1[C@@H]1O[C@H](CO)[C@@H](O)[C@H](O)[C@H]1O. The minimum absolute atomic E-state index is 0.366. The second-order valence-corrected chi connectivity index (χ2v) is 6.30. The molecule has 0 bridgehead atoms. The minimum Gasteiger partial charge on any atom is -0.476 e. The molecule has 6 N–H and O–H groups in total. The number of hydrogen-bond donors (Lipinski definition) is 6. The van der Waals surface area contributed by atoms with Crippen molar-refractivity contribution in [3.63, 3.8) is 0 Å². The lowest BCUT2D eigenvalue weighted by Crippen LogP contribution is -2.57. The maximum Gasteiger partial charge on any atom is 0.356 e. The van der Waals surface area contributed by atoms with Gasteiger partial charge in [-0.05, 0) is 0 Å². The van der Waals surface area contributed by atoms with Gasteiger partial charge in [-0.2, -0.15) is 0 Å². The fraction of sp³-hybridized carbons (Fsp3) is 0.714. The molecular formula is C14H21N5O8. The van der Waals surface area contributed by atoms with E-state index < -0.39 is 60.5 Å². The van der Waals surface area contributed by atoms with Crippen molar-refractivity contribution in [2.45, 2.75) is 30.6 Å². The fourth-order valence-corrected chi connectivity index (χ4v) is 3.12. The first-order valence-corrected chi connectivity index (χ1v) is 8.35. The summed E-state index contributed by atoms with van der Waals surface area (Å²) in [6, 6.07) is 0. The average Bonchev–Trinajstić information content (AvgIpc) is 3.11. The maximum atomic E-state index is 12.6. The molecule has 150 valence electrons. The molecule has 0 aromatic carbocycles. The van der Waals surface area contributed by atoms with Crippen molar-refractivity contribution in [3.05, 3.63) is 11.4 Å². The lowest BCUT2D eigenvalue weighted by molar-refractivity contribution is -0.254. The van der Waals surface area contributed by atoms with Crippen LogP contribution in [0.1, 0.15) is 27.2 Å². The molecule has 1 aromatic heterocycles. The zero-order valence-corrected chi connectivity index (χ0v) is 14.2. The van der Waals surface area contributed by atoms with E-state index >= 15 is 0 Å². The minimum atomic E-state index is -1.76. The molecule has 13 nitrogen and oxygen atoms in total. The van der Waals surface area contributed by atoms with E-state index in [0.29, 0.717) is 30.9 Å². The third kappa shape index (κ3) is 3.52. The van der Waals surface area contributed by atoms with Crippen LogP contribution in [0.15, 0.2) is 0 Å². The van der Waals surface area contributed by atoms with Gasteiger partial charge in [0.25, 0.3) is 5.91 Å². The molecule has 2 fully saturated rings. The Labute approximate surface area is 152 Å².